The number of halogens is 4. The zero-order valence-electron chi connectivity index (χ0n) is 35.7. The van der Waals surface area contributed by atoms with Crippen molar-refractivity contribution >= 4 is 48.0 Å². The molecule has 3 aromatic heterocycles. The molecule has 0 unspecified atom stereocenters. The van der Waals surface area contributed by atoms with Crippen molar-refractivity contribution in [2.24, 2.45) is 0 Å². The van der Waals surface area contributed by atoms with Crippen LogP contribution in [-0.4, -0.2) is 94.6 Å². The molecular weight excluding hydrogens is 815 g/mol. The molecular formula is C47H55ClF3N7O2Si. The maximum Gasteiger partial charge on any atom is 0.319 e. The number of aromatic hydroxyl groups is 1. The number of pyridine rings is 2. The van der Waals surface area contributed by atoms with Crippen LogP contribution in [0.2, 0.25) is 16.6 Å². The van der Waals surface area contributed by atoms with Crippen molar-refractivity contribution in [1.82, 2.24) is 30.2 Å². The lowest BCUT2D eigenvalue weighted by atomic mass is 9.95. The number of hydrogen-bond donors (Lipinski definition) is 2. The molecule has 0 aliphatic carbocycles. The number of ether oxygens (including phenoxy) is 1. The Hall–Kier alpha value is -4.48. The van der Waals surface area contributed by atoms with Crippen molar-refractivity contribution in [3.05, 3.63) is 65.9 Å². The minimum absolute atomic E-state index is 0. The fourth-order valence-electron chi connectivity index (χ4n) is 11.2. The van der Waals surface area contributed by atoms with Gasteiger partial charge in [0.2, 0.25) is 0 Å². The van der Waals surface area contributed by atoms with E-state index >= 15 is 8.78 Å². The molecule has 4 fully saturated rings. The molecule has 2 aromatic carbocycles. The maximum absolute atomic E-state index is 18.0. The quantitative estimate of drug-likeness (QED) is 0.111. The molecule has 0 amide bonds. The highest BCUT2D eigenvalue weighted by Gasteiger charge is 2.49. The first-order valence-corrected chi connectivity index (χ1v) is 23.9. The summed E-state index contributed by atoms with van der Waals surface area (Å²) in [6.45, 7) is 15.8. The van der Waals surface area contributed by atoms with Gasteiger partial charge in [0.05, 0.1) is 22.2 Å². The fourth-order valence-corrected chi connectivity index (χ4v) is 16.5. The largest absolute Gasteiger partial charge is 0.508 e. The predicted molar refractivity (Wildman–Crippen MR) is 241 cm³/mol. The lowest BCUT2D eigenvalue weighted by Crippen LogP contribution is -2.51. The topological polar surface area (TPSA) is 99.5 Å². The number of rotatable bonds is 9. The summed E-state index contributed by atoms with van der Waals surface area (Å²) in [4.78, 5) is 24.0. The number of fused-ring (bicyclic) bond motifs is 5. The Labute approximate surface area is 363 Å². The average Bonchev–Trinajstić information content (AvgIpc) is 3.87. The number of benzene rings is 2. The summed E-state index contributed by atoms with van der Waals surface area (Å²) in [6, 6.07) is 11.8. The third kappa shape index (κ3) is 7.51. The lowest BCUT2D eigenvalue weighted by Gasteiger charge is -2.38. The molecule has 0 spiro atoms. The van der Waals surface area contributed by atoms with E-state index in [1.807, 2.05) is 12.1 Å². The molecule has 9 rings (SSSR count). The van der Waals surface area contributed by atoms with Gasteiger partial charge in [-0.25, -0.2) is 18.2 Å². The molecule has 4 atom stereocenters. The Kier molecular flexibility index (Phi) is 11.8. The van der Waals surface area contributed by atoms with Gasteiger partial charge < -0.3 is 20.1 Å². The van der Waals surface area contributed by atoms with Crippen molar-refractivity contribution in [3.8, 4) is 45.9 Å². The van der Waals surface area contributed by atoms with Crippen LogP contribution in [0.15, 0.2) is 48.7 Å². The Morgan fingerprint density at radius 1 is 0.934 bits per heavy atom. The third-order valence-corrected chi connectivity index (χ3v) is 20.3. The first kappa shape index (κ1) is 43.2. The van der Waals surface area contributed by atoms with Crippen LogP contribution >= 0.6 is 12.4 Å². The van der Waals surface area contributed by atoms with Crippen molar-refractivity contribution < 1.29 is 23.0 Å². The number of alkyl halides is 1. The molecule has 0 saturated carbocycles. The van der Waals surface area contributed by atoms with Crippen molar-refractivity contribution in [1.29, 1.82) is 0 Å². The standard InChI is InChI=1S/C47H54F3N7O2Si.ClH/c1-27(2)60(28(3)4,29(5)6)19-15-35-37(49)14-11-30-20-34(58)21-36(39(30)35)42-41(50)44-40(43(53-42)38-10-7-8-17-51-38)45(56-24-32-12-13-33(25-56)52-32)55-46(54-44)59-26-47-16-9-18-57(47)23-31(48)22-47;/h7-8,10-11,14,17,20-21,27-29,31-33,52,58H,9,12-13,16,18,22-26H2,1-6H3;1H/t31-,32-,33+,47+;/m1./s1. The first-order chi connectivity index (χ1) is 28.8. The van der Waals surface area contributed by atoms with E-state index in [9.17, 15) is 9.50 Å². The Bertz CT molecular complexity index is 2500. The molecule has 4 aliphatic rings. The second-order valence-electron chi connectivity index (χ2n) is 18.5. The summed E-state index contributed by atoms with van der Waals surface area (Å²) in [5, 5.41) is 16.1. The zero-order valence-corrected chi connectivity index (χ0v) is 37.6. The number of piperazine rings is 1. The van der Waals surface area contributed by atoms with E-state index in [0.29, 0.717) is 76.0 Å². The highest BCUT2D eigenvalue weighted by Crippen LogP contribution is 2.45. The second-order valence-corrected chi connectivity index (χ2v) is 24.0. The predicted octanol–water partition coefficient (Wildman–Crippen LogP) is 9.78. The number of anilines is 1. The highest BCUT2D eigenvalue weighted by atomic mass is 35.5. The number of nitrogens with one attached hydrogen (secondary N) is 1. The summed E-state index contributed by atoms with van der Waals surface area (Å²) in [6.07, 6.45) is 4.85. The molecule has 2 N–H and O–H groups in total. The normalized spacial score (nSPS) is 22.6. The second kappa shape index (κ2) is 16.7. The summed E-state index contributed by atoms with van der Waals surface area (Å²) in [5.74, 6) is 2.36. The summed E-state index contributed by atoms with van der Waals surface area (Å²) >= 11 is 0. The molecule has 0 radical (unpaired) electrons. The molecule has 7 heterocycles. The Balaban J connectivity index is 0.00000514. The molecule has 2 bridgehead atoms. The van der Waals surface area contributed by atoms with Crippen molar-refractivity contribution in [2.75, 3.05) is 37.7 Å². The van der Waals surface area contributed by atoms with Gasteiger partial charge in [-0.15, -0.1) is 18.0 Å². The molecule has 14 heteroatoms. The molecule has 9 nitrogen and oxygen atoms in total. The van der Waals surface area contributed by atoms with Crippen molar-refractivity contribution in [3.63, 3.8) is 0 Å². The number of nitrogens with zero attached hydrogens (tertiary/aromatic N) is 6. The third-order valence-electron chi connectivity index (χ3n) is 14.0. The number of phenols is 1. The van der Waals surface area contributed by atoms with Gasteiger partial charge in [-0.1, -0.05) is 59.6 Å². The zero-order chi connectivity index (χ0) is 42.1. The molecule has 4 aliphatic heterocycles. The molecule has 4 saturated heterocycles. The van der Waals surface area contributed by atoms with E-state index in [-0.39, 0.29) is 65.2 Å². The minimum atomic E-state index is -2.33. The van der Waals surface area contributed by atoms with Crippen LogP contribution in [0.1, 0.15) is 79.2 Å². The average molecular weight is 871 g/mol. The Morgan fingerprint density at radius 3 is 2.36 bits per heavy atom. The van der Waals surface area contributed by atoms with E-state index in [4.69, 9.17) is 24.7 Å². The SMILES string of the molecule is CC(C)[Si](C#Cc1c(F)ccc2cc(O)cc(-c3nc(-c4ccccn4)c4c(N5C[C@H]6CC[C@@H](C5)N6)nc(OC[C@@]56CCCN5C[C@H](F)C6)nc4c3F)c12)(C(C)C)C(C)C.Cl. The van der Waals surface area contributed by atoms with Gasteiger partial charge in [-0.2, -0.15) is 9.97 Å². The van der Waals surface area contributed by atoms with E-state index in [1.54, 1.807) is 24.4 Å². The monoisotopic (exact) mass is 869 g/mol. The lowest BCUT2D eigenvalue weighted by molar-refractivity contribution is 0.107. The van der Waals surface area contributed by atoms with Gasteiger partial charge in [0, 0.05) is 55.3 Å². The van der Waals surface area contributed by atoms with Gasteiger partial charge in [0.1, 0.15) is 55.1 Å². The van der Waals surface area contributed by atoms with Crippen LogP contribution < -0.4 is 15.0 Å². The van der Waals surface area contributed by atoms with Gasteiger partial charge in [0.15, 0.2) is 5.82 Å². The number of phenolic OH excluding ortho intramolecular Hbond substituents is 1. The number of hydrogen-bond acceptors (Lipinski definition) is 9. The van der Waals surface area contributed by atoms with Crippen LogP contribution in [0.25, 0.3) is 44.3 Å². The highest BCUT2D eigenvalue weighted by molar-refractivity contribution is 6.90. The van der Waals surface area contributed by atoms with E-state index in [0.717, 1.165) is 32.2 Å². The minimum Gasteiger partial charge on any atom is -0.508 e. The van der Waals surface area contributed by atoms with Crippen LogP contribution in [0.5, 0.6) is 11.8 Å². The van der Waals surface area contributed by atoms with Crippen molar-refractivity contribution in [2.45, 2.75) is 114 Å². The smallest absolute Gasteiger partial charge is 0.319 e. The van der Waals surface area contributed by atoms with Gasteiger partial charge in [-0.3, -0.25) is 9.88 Å². The van der Waals surface area contributed by atoms with Gasteiger partial charge in [-0.05, 0) is 84.6 Å². The van der Waals surface area contributed by atoms with E-state index in [1.165, 1.54) is 12.1 Å². The van der Waals surface area contributed by atoms with Gasteiger partial charge in [0.25, 0.3) is 0 Å². The maximum atomic E-state index is 18.0. The first-order valence-electron chi connectivity index (χ1n) is 21.6. The van der Waals surface area contributed by atoms with Crippen LogP contribution in [0.3, 0.4) is 0 Å². The Morgan fingerprint density at radius 2 is 1.67 bits per heavy atom. The fraction of sp³-hybridized carbons (Fsp3) is 0.489. The summed E-state index contributed by atoms with van der Waals surface area (Å²) in [5.41, 5.74) is 5.04. The van der Waals surface area contributed by atoms with E-state index < -0.39 is 31.4 Å². The number of aromatic nitrogens is 4. The molecule has 61 heavy (non-hydrogen) atoms. The summed E-state index contributed by atoms with van der Waals surface area (Å²) in [7, 11) is -2.33. The summed E-state index contributed by atoms with van der Waals surface area (Å²) < 4.78 is 55.7. The van der Waals surface area contributed by atoms with E-state index in [2.05, 4.69) is 68.1 Å². The van der Waals surface area contributed by atoms with Crippen LogP contribution in [0.4, 0.5) is 19.0 Å². The molecule has 322 valence electrons. The molecule has 5 aromatic rings. The van der Waals surface area contributed by atoms with Crippen LogP contribution in [-0.2, 0) is 0 Å². The van der Waals surface area contributed by atoms with Gasteiger partial charge >= 0.3 is 6.01 Å². The van der Waals surface area contributed by atoms with Crippen LogP contribution in [0, 0.1) is 23.1 Å².